The number of halogens is 3. The van der Waals surface area contributed by atoms with E-state index in [0.29, 0.717) is 11.8 Å². The molecule has 0 aliphatic heterocycles. The van der Waals surface area contributed by atoms with Gasteiger partial charge in [-0.05, 0) is 38.1 Å². The minimum absolute atomic E-state index is 0.0508. The van der Waals surface area contributed by atoms with Crippen molar-refractivity contribution in [3.63, 3.8) is 0 Å². The molecule has 0 spiro atoms. The zero-order valence-corrected chi connectivity index (χ0v) is 11.3. The van der Waals surface area contributed by atoms with Crippen molar-refractivity contribution in [2.75, 3.05) is 6.54 Å². The second-order valence-corrected chi connectivity index (χ2v) is 4.63. The highest BCUT2D eigenvalue weighted by atomic mass is 19.2. The minimum Gasteiger partial charge on any atom is -0.459 e. The van der Waals surface area contributed by atoms with Gasteiger partial charge in [-0.1, -0.05) is 6.92 Å². The zero-order chi connectivity index (χ0) is 14.7. The van der Waals surface area contributed by atoms with Crippen LogP contribution in [-0.2, 0) is 0 Å². The summed E-state index contributed by atoms with van der Waals surface area (Å²) >= 11 is 0. The Morgan fingerprint density at radius 3 is 2.65 bits per heavy atom. The van der Waals surface area contributed by atoms with Gasteiger partial charge in [-0.15, -0.1) is 0 Å². The molecule has 0 amide bonds. The van der Waals surface area contributed by atoms with E-state index in [2.05, 4.69) is 5.32 Å². The second-order valence-electron chi connectivity index (χ2n) is 4.63. The SMILES string of the molecule is CCCNC(C)c1ccc(-c2cc(F)cc(F)c2F)o1. The maximum Gasteiger partial charge on any atom is 0.169 e. The van der Waals surface area contributed by atoms with Crippen LogP contribution in [0.1, 0.15) is 32.1 Å². The highest BCUT2D eigenvalue weighted by Crippen LogP contribution is 2.29. The van der Waals surface area contributed by atoms with Crippen molar-refractivity contribution in [2.24, 2.45) is 0 Å². The first-order chi connectivity index (χ1) is 9.52. The molecule has 0 fully saturated rings. The molecule has 1 N–H and O–H groups in total. The van der Waals surface area contributed by atoms with E-state index >= 15 is 0 Å². The molecule has 5 heteroatoms. The molecular weight excluding hydrogens is 267 g/mol. The fraction of sp³-hybridized carbons (Fsp3) is 0.333. The Kier molecular flexibility index (Phi) is 4.49. The van der Waals surface area contributed by atoms with E-state index in [1.54, 1.807) is 6.07 Å². The summed E-state index contributed by atoms with van der Waals surface area (Å²) in [7, 11) is 0. The molecule has 0 radical (unpaired) electrons. The number of benzene rings is 1. The molecule has 2 nitrogen and oxygen atoms in total. The van der Waals surface area contributed by atoms with Gasteiger partial charge >= 0.3 is 0 Å². The molecule has 0 saturated carbocycles. The lowest BCUT2D eigenvalue weighted by atomic mass is 10.1. The topological polar surface area (TPSA) is 25.2 Å². The van der Waals surface area contributed by atoms with Gasteiger partial charge in [0.05, 0.1) is 11.6 Å². The third-order valence-corrected chi connectivity index (χ3v) is 3.01. The number of furan rings is 1. The van der Waals surface area contributed by atoms with Gasteiger partial charge in [-0.3, -0.25) is 0 Å². The summed E-state index contributed by atoms with van der Waals surface area (Å²) in [6, 6.07) is 4.56. The van der Waals surface area contributed by atoms with Gasteiger partial charge in [0.2, 0.25) is 0 Å². The molecule has 2 aromatic rings. The van der Waals surface area contributed by atoms with Crippen LogP contribution >= 0.6 is 0 Å². The summed E-state index contributed by atoms with van der Waals surface area (Å²) in [5, 5.41) is 3.22. The van der Waals surface area contributed by atoms with Crippen LogP contribution in [0.4, 0.5) is 13.2 Å². The van der Waals surface area contributed by atoms with Gasteiger partial charge in [0.15, 0.2) is 11.6 Å². The summed E-state index contributed by atoms with van der Waals surface area (Å²) in [5.41, 5.74) is -0.212. The minimum atomic E-state index is -1.23. The molecule has 0 bridgehead atoms. The molecular formula is C15H16F3NO. The van der Waals surface area contributed by atoms with E-state index < -0.39 is 17.5 Å². The van der Waals surface area contributed by atoms with E-state index in [1.807, 2.05) is 13.8 Å². The Morgan fingerprint density at radius 1 is 1.20 bits per heavy atom. The molecule has 1 aromatic heterocycles. The van der Waals surface area contributed by atoms with Gasteiger partial charge in [0, 0.05) is 6.07 Å². The average Bonchev–Trinajstić information content (AvgIpc) is 2.89. The van der Waals surface area contributed by atoms with Crippen LogP contribution < -0.4 is 5.32 Å². The van der Waals surface area contributed by atoms with Gasteiger partial charge in [0.1, 0.15) is 17.3 Å². The number of hydrogen-bond donors (Lipinski definition) is 1. The lowest BCUT2D eigenvalue weighted by Crippen LogP contribution is -2.18. The van der Waals surface area contributed by atoms with E-state index in [9.17, 15) is 13.2 Å². The summed E-state index contributed by atoms with van der Waals surface area (Å²) in [6.07, 6.45) is 0.974. The van der Waals surface area contributed by atoms with Gasteiger partial charge in [-0.25, -0.2) is 13.2 Å². The molecule has 0 aliphatic carbocycles. The summed E-state index contributed by atoms with van der Waals surface area (Å²) < 4.78 is 45.5. The fourth-order valence-electron chi connectivity index (χ4n) is 1.93. The van der Waals surface area contributed by atoms with E-state index in [0.717, 1.165) is 19.0 Å². The van der Waals surface area contributed by atoms with Crippen LogP contribution in [0.5, 0.6) is 0 Å². The highest BCUT2D eigenvalue weighted by molar-refractivity contribution is 5.58. The van der Waals surface area contributed by atoms with Crippen molar-refractivity contribution in [1.29, 1.82) is 0 Å². The first kappa shape index (κ1) is 14.7. The summed E-state index contributed by atoms with van der Waals surface area (Å²) in [5.74, 6) is -2.47. The van der Waals surface area contributed by atoms with E-state index in [1.165, 1.54) is 6.07 Å². The van der Waals surface area contributed by atoms with Crippen LogP contribution in [0.3, 0.4) is 0 Å². The molecule has 1 atom stereocenters. The predicted molar refractivity (Wildman–Crippen MR) is 70.7 cm³/mol. The predicted octanol–water partition coefficient (Wildman–Crippen LogP) is 4.42. The molecule has 0 aliphatic rings. The van der Waals surface area contributed by atoms with Crippen LogP contribution in [0.25, 0.3) is 11.3 Å². The normalized spacial score (nSPS) is 12.7. The van der Waals surface area contributed by atoms with Crippen LogP contribution in [0, 0.1) is 17.5 Å². The molecule has 108 valence electrons. The molecule has 0 saturated heterocycles. The Morgan fingerprint density at radius 2 is 1.95 bits per heavy atom. The first-order valence-electron chi connectivity index (χ1n) is 6.51. The average molecular weight is 283 g/mol. The van der Waals surface area contributed by atoms with Crippen LogP contribution in [-0.4, -0.2) is 6.54 Å². The Balaban J connectivity index is 2.29. The molecule has 2 rings (SSSR count). The Labute approximate surface area is 115 Å². The monoisotopic (exact) mass is 283 g/mol. The van der Waals surface area contributed by atoms with Gasteiger partial charge < -0.3 is 9.73 Å². The van der Waals surface area contributed by atoms with Crippen molar-refractivity contribution in [1.82, 2.24) is 5.32 Å². The Hall–Kier alpha value is -1.75. The maximum atomic E-state index is 13.7. The van der Waals surface area contributed by atoms with Gasteiger partial charge in [0.25, 0.3) is 0 Å². The lowest BCUT2D eigenvalue weighted by Gasteiger charge is -2.10. The lowest BCUT2D eigenvalue weighted by molar-refractivity contribution is 0.434. The van der Waals surface area contributed by atoms with Crippen molar-refractivity contribution in [2.45, 2.75) is 26.3 Å². The van der Waals surface area contributed by atoms with Crippen molar-refractivity contribution >= 4 is 0 Å². The van der Waals surface area contributed by atoms with Gasteiger partial charge in [-0.2, -0.15) is 0 Å². The first-order valence-corrected chi connectivity index (χ1v) is 6.51. The van der Waals surface area contributed by atoms with Crippen molar-refractivity contribution in [3.8, 4) is 11.3 Å². The number of rotatable bonds is 5. The third-order valence-electron chi connectivity index (χ3n) is 3.01. The quantitative estimate of drug-likeness (QED) is 0.821. The standard InChI is InChI=1S/C15H16F3NO/c1-3-6-19-9(2)13-4-5-14(20-13)11-7-10(16)8-12(17)15(11)18/h4-5,7-9,19H,3,6H2,1-2H3. The molecule has 1 heterocycles. The van der Waals surface area contributed by atoms with E-state index in [4.69, 9.17) is 4.42 Å². The van der Waals surface area contributed by atoms with Crippen LogP contribution in [0.2, 0.25) is 0 Å². The second kappa shape index (κ2) is 6.13. The summed E-state index contributed by atoms with van der Waals surface area (Å²) in [6.45, 7) is 4.76. The largest absolute Gasteiger partial charge is 0.459 e. The summed E-state index contributed by atoms with van der Waals surface area (Å²) in [4.78, 5) is 0. The highest BCUT2D eigenvalue weighted by Gasteiger charge is 2.17. The molecule has 1 aromatic carbocycles. The van der Waals surface area contributed by atoms with Crippen molar-refractivity contribution < 1.29 is 17.6 Å². The third kappa shape index (κ3) is 3.04. The fourth-order valence-corrected chi connectivity index (χ4v) is 1.93. The van der Waals surface area contributed by atoms with E-state index in [-0.39, 0.29) is 17.4 Å². The molecule has 20 heavy (non-hydrogen) atoms. The number of hydrogen-bond acceptors (Lipinski definition) is 2. The smallest absolute Gasteiger partial charge is 0.169 e. The maximum absolute atomic E-state index is 13.7. The van der Waals surface area contributed by atoms with Crippen molar-refractivity contribution in [3.05, 3.63) is 47.5 Å². The zero-order valence-electron chi connectivity index (χ0n) is 11.3. The van der Waals surface area contributed by atoms with Crippen LogP contribution in [0.15, 0.2) is 28.7 Å². The Bertz CT molecular complexity index is 595. The number of nitrogens with one attached hydrogen (secondary N) is 1. The molecule has 1 unspecified atom stereocenters.